The molecule has 1 aromatic heterocycles. The Kier molecular flexibility index (Phi) is 9.04. The van der Waals surface area contributed by atoms with Crippen molar-refractivity contribution in [3.05, 3.63) is 71.9 Å². The fraction of sp³-hybridized carbons (Fsp3) is 0.433. The van der Waals surface area contributed by atoms with Crippen LogP contribution in [0.15, 0.2) is 60.8 Å². The largest absolute Gasteiger partial charge is 0.490 e. The van der Waals surface area contributed by atoms with E-state index in [1.54, 1.807) is 18.2 Å². The minimum atomic E-state index is -0.909. The van der Waals surface area contributed by atoms with E-state index >= 15 is 0 Å². The molecular weight excluding hydrogens is 486 g/mol. The third-order valence-corrected chi connectivity index (χ3v) is 7.61. The summed E-state index contributed by atoms with van der Waals surface area (Å²) >= 11 is 0. The molecule has 2 fully saturated rings. The number of halogens is 1. The SMILES string of the molecule is C[C@H]1CC[C@@H](Oc2ccc(-c3ccnc(N(Cc4cccc(C(=O)O)c4)C4CCCC4)n3)cc2)CC1.Cl. The number of nitrogens with zero attached hydrogens (tertiary/aromatic N) is 3. The van der Waals surface area contributed by atoms with Crippen molar-refractivity contribution in [2.45, 2.75) is 77.0 Å². The average Bonchev–Trinajstić information content (AvgIpc) is 3.44. The molecule has 0 atom stereocenters. The number of ether oxygens (including phenoxy) is 1. The Hall–Kier alpha value is -3.12. The highest BCUT2D eigenvalue weighted by atomic mass is 35.5. The van der Waals surface area contributed by atoms with Gasteiger partial charge in [-0.2, -0.15) is 0 Å². The summed E-state index contributed by atoms with van der Waals surface area (Å²) < 4.78 is 6.23. The molecular formula is C30H36ClN3O3. The number of carboxylic acid groups (broad SMARTS) is 1. The number of anilines is 1. The Labute approximate surface area is 225 Å². The summed E-state index contributed by atoms with van der Waals surface area (Å²) in [4.78, 5) is 23.3. The van der Waals surface area contributed by atoms with Crippen molar-refractivity contribution < 1.29 is 14.6 Å². The van der Waals surface area contributed by atoms with Crippen LogP contribution in [0.2, 0.25) is 0 Å². The maximum atomic E-state index is 11.5. The molecule has 2 saturated carbocycles. The van der Waals surface area contributed by atoms with Crippen molar-refractivity contribution >= 4 is 24.3 Å². The second kappa shape index (κ2) is 12.4. The van der Waals surface area contributed by atoms with Crippen LogP contribution >= 0.6 is 12.4 Å². The van der Waals surface area contributed by atoms with Crippen LogP contribution in [0.25, 0.3) is 11.3 Å². The summed E-state index contributed by atoms with van der Waals surface area (Å²) in [5.74, 6) is 1.51. The van der Waals surface area contributed by atoms with Crippen LogP contribution < -0.4 is 9.64 Å². The molecule has 5 rings (SSSR count). The van der Waals surface area contributed by atoms with E-state index in [0.29, 0.717) is 30.2 Å². The molecule has 1 N–H and O–H groups in total. The van der Waals surface area contributed by atoms with Crippen molar-refractivity contribution in [3.8, 4) is 17.0 Å². The van der Waals surface area contributed by atoms with Crippen molar-refractivity contribution in [1.29, 1.82) is 0 Å². The molecule has 6 nitrogen and oxygen atoms in total. The normalized spacial score (nSPS) is 19.7. The highest BCUT2D eigenvalue weighted by Gasteiger charge is 2.25. The molecule has 2 aliphatic rings. The standard InChI is InChI=1S/C30H35N3O3.ClH/c1-21-9-13-26(14-10-21)36-27-15-11-23(12-16-27)28-17-18-31-30(32-28)33(25-7-2-3-8-25)20-22-5-4-6-24(19-22)29(34)35;/h4-6,11-12,15-19,21,25-26H,2-3,7-10,13-14,20H2,1H3,(H,34,35);1H/t21-,26+;. The minimum Gasteiger partial charge on any atom is -0.490 e. The van der Waals surface area contributed by atoms with Crippen molar-refractivity contribution in [1.82, 2.24) is 9.97 Å². The summed E-state index contributed by atoms with van der Waals surface area (Å²) in [6.07, 6.45) is 11.5. The highest BCUT2D eigenvalue weighted by molar-refractivity contribution is 5.87. The molecule has 2 aliphatic carbocycles. The molecule has 1 heterocycles. The first-order valence-corrected chi connectivity index (χ1v) is 13.2. The molecule has 7 heteroatoms. The van der Waals surface area contributed by atoms with E-state index in [1.165, 1.54) is 25.7 Å². The lowest BCUT2D eigenvalue weighted by Gasteiger charge is -2.29. The van der Waals surface area contributed by atoms with Crippen LogP contribution in [-0.2, 0) is 6.54 Å². The smallest absolute Gasteiger partial charge is 0.335 e. The number of aromatic carboxylic acids is 1. The van der Waals surface area contributed by atoms with E-state index in [0.717, 1.165) is 54.2 Å². The predicted molar refractivity (Wildman–Crippen MR) is 149 cm³/mol. The minimum absolute atomic E-state index is 0. The number of hydrogen-bond acceptors (Lipinski definition) is 5. The summed E-state index contributed by atoms with van der Waals surface area (Å²) in [6.45, 7) is 2.91. The number of aromatic nitrogens is 2. The first-order valence-electron chi connectivity index (χ1n) is 13.2. The first kappa shape index (κ1) is 26.9. The lowest BCUT2D eigenvalue weighted by molar-refractivity contribution is 0.0696. The van der Waals surface area contributed by atoms with Gasteiger partial charge in [0.15, 0.2) is 0 Å². The zero-order valence-corrected chi connectivity index (χ0v) is 22.2. The average molecular weight is 522 g/mol. The Morgan fingerprint density at radius 1 is 1.00 bits per heavy atom. The van der Waals surface area contributed by atoms with Crippen molar-refractivity contribution in [3.63, 3.8) is 0 Å². The Morgan fingerprint density at radius 3 is 2.43 bits per heavy atom. The molecule has 37 heavy (non-hydrogen) atoms. The lowest BCUT2D eigenvalue weighted by Crippen LogP contribution is -2.34. The van der Waals surface area contributed by atoms with Gasteiger partial charge < -0.3 is 14.7 Å². The predicted octanol–water partition coefficient (Wildman–Crippen LogP) is 7.17. The van der Waals surface area contributed by atoms with Gasteiger partial charge in [-0.25, -0.2) is 14.8 Å². The van der Waals surface area contributed by atoms with Gasteiger partial charge in [-0.1, -0.05) is 31.9 Å². The van der Waals surface area contributed by atoms with E-state index in [1.807, 2.05) is 30.5 Å². The second-order valence-electron chi connectivity index (χ2n) is 10.3. The van der Waals surface area contributed by atoms with Gasteiger partial charge in [-0.05, 0) is 92.5 Å². The number of benzene rings is 2. The lowest BCUT2D eigenvalue weighted by atomic mass is 9.89. The van der Waals surface area contributed by atoms with Crippen LogP contribution in [0, 0.1) is 5.92 Å². The summed E-state index contributed by atoms with van der Waals surface area (Å²) in [7, 11) is 0. The molecule has 0 radical (unpaired) electrons. The molecule has 2 aromatic carbocycles. The number of carbonyl (C=O) groups is 1. The summed E-state index contributed by atoms with van der Waals surface area (Å²) in [5, 5.41) is 9.41. The summed E-state index contributed by atoms with van der Waals surface area (Å²) in [6, 6.07) is 17.7. The maximum Gasteiger partial charge on any atom is 0.335 e. The molecule has 196 valence electrons. The quantitative estimate of drug-likeness (QED) is 0.338. The van der Waals surface area contributed by atoms with E-state index in [-0.39, 0.29) is 12.4 Å². The maximum absolute atomic E-state index is 11.5. The van der Waals surface area contributed by atoms with Gasteiger partial charge >= 0.3 is 5.97 Å². The van der Waals surface area contributed by atoms with Crippen LogP contribution in [0.5, 0.6) is 5.75 Å². The first-order chi connectivity index (χ1) is 17.5. The molecule has 0 bridgehead atoms. The third-order valence-electron chi connectivity index (χ3n) is 7.61. The number of rotatable bonds is 8. The third kappa shape index (κ3) is 6.80. The van der Waals surface area contributed by atoms with E-state index in [4.69, 9.17) is 9.72 Å². The van der Waals surface area contributed by atoms with Gasteiger partial charge in [0.2, 0.25) is 5.95 Å². The van der Waals surface area contributed by atoms with Gasteiger partial charge in [0.25, 0.3) is 0 Å². The van der Waals surface area contributed by atoms with E-state index in [9.17, 15) is 9.90 Å². The Balaban J connectivity index is 0.00000320. The zero-order valence-electron chi connectivity index (χ0n) is 21.4. The molecule has 0 saturated heterocycles. The van der Waals surface area contributed by atoms with Crippen molar-refractivity contribution in [2.75, 3.05) is 4.90 Å². The second-order valence-corrected chi connectivity index (χ2v) is 10.3. The number of carboxylic acids is 1. The van der Waals surface area contributed by atoms with Gasteiger partial charge in [0.1, 0.15) is 5.75 Å². The van der Waals surface area contributed by atoms with Gasteiger partial charge in [-0.15, -0.1) is 12.4 Å². The van der Waals surface area contributed by atoms with Crippen LogP contribution in [0.1, 0.15) is 74.2 Å². The zero-order chi connectivity index (χ0) is 24.9. The van der Waals surface area contributed by atoms with Gasteiger partial charge in [-0.3, -0.25) is 0 Å². The molecule has 3 aromatic rings. The molecule has 0 unspecified atom stereocenters. The van der Waals surface area contributed by atoms with Crippen molar-refractivity contribution in [2.24, 2.45) is 5.92 Å². The van der Waals surface area contributed by atoms with Gasteiger partial charge in [0.05, 0.1) is 17.4 Å². The Bertz CT molecular complexity index is 1170. The van der Waals surface area contributed by atoms with Crippen LogP contribution in [0.3, 0.4) is 0 Å². The molecule has 0 spiro atoms. The monoisotopic (exact) mass is 521 g/mol. The highest BCUT2D eigenvalue weighted by Crippen LogP contribution is 2.31. The van der Waals surface area contributed by atoms with Gasteiger partial charge in [0, 0.05) is 24.3 Å². The Morgan fingerprint density at radius 2 is 1.73 bits per heavy atom. The fourth-order valence-corrected chi connectivity index (χ4v) is 5.47. The van der Waals surface area contributed by atoms with E-state index < -0.39 is 5.97 Å². The summed E-state index contributed by atoms with van der Waals surface area (Å²) in [5.41, 5.74) is 3.16. The molecule has 0 amide bonds. The fourth-order valence-electron chi connectivity index (χ4n) is 5.47. The topological polar surface area (TPSA) is 75.5 Å². The number of hydrogen-bond donors (Lipinski definition) is 1. The van der Waals surface area contributed by atoms with E-state index in [2.05, 4.69) is 28.9 Å². The molecule has 0 aliphatic heterocycles. The van der Waals surface area contributed by atoms with Crippen LogP contribution in [-0.4, -0.2) is 33.2 Å². The van der Waals surface area contributed by atoms with Crippen LogP contribution in [0.4, 0.5) is 5.95 Å².